The van der Waals surface area contributed by atoms with Crippen molar-refractivity contribution in [1.29, 1.82) is 0 Å². The molecule has 1 unspecified atom stereocenters. The molecule has 4 nitrogen and oxygen atoms in total. The van der Waals surface area contributed by atoms with Crippen LogP contribution in [-0.4, -0.2) is 30.7 Å². The highest BCUT2D eigenvalue weighted by Crippen LogP contribution is 2.21. The molecule has 0 radical (unpaired) electrons. The number of carbonyl (C=O) groups is 1. The van der Waals surface area contributed by atoms with Crippen molar-refractivity contribution in [2.75, 3.05) is 13.2 Å². The molecule has 1 amide bonds. The van der Waals surface area contributed by atoms with Crippen LogP contribution in [-0.2, 0) is 9.53 Å². The number of nitrogens with two attached hydrogens (primary N) is 1. The monoisotopic (exact) mass is 214 g/mol. The Hall–Kier alpha value is -0.610. The minimum atomic E-state index is -0.477. The maximum Gasteiger partial charge on any atom is 0.237 e. The molecule has 1 aliphatic rings. The van der Waals surface area contributed by atoms with Gasteiger partial charge in [0.05, 0.1) is 18.2 Å². The van der Waals surface area contributed by atoms with Crippen molar-refractivity contribution in [2.24, 2.45) is 11.1 Å². The van der Waals surface area contributed by atoms with E-state index in [9.17, 15) is 4.79 Å². The molecule has 0 aromatic rings. The predicted molar refractivity (Wildman–Crippen MR) is 59.4 cm³/mol. The number of carbonyl (C=O) groups excluding carboxylic acids is 1. The standard InChI is InChI=1S/C11H22N2O2/c1-10(2,3)8(12)9(14)13-11(4)5-6-15-7-11/h8H,5-7,12H2,1-4H3,(H,13,14)/t8-,11?/m1/s1. The molecule has 4 heteroatoms. The summed E-state index contributed by atoms with van der Waals surface area (Å²) in [4.78, 5) is 11.9. The SMILES string of the molecule is CC1(NC(=O)[C@@H](N)C(C)(C)C)CCOC1. The van der Waals surface area contributed by atoms with E-state index >= 15 is 0 Å². The van der Waals surface area contributed by atoms with Crippen molar-refractivity contribution in [3.63, 3.8) is 0 Å². The average Bonchev–Trinajstić information content (AvgIpc) is 2.48. The second-order valence-corrected chi connectivity index (χ2v) is 5.70. The molecule has 0 saturated carbocycles. The van der Waals surface area contributed by atoms with Gasteiger partial charge in [-0.25, -0.2) is 0 Å². The molecule has 0 spiro atoms. The molecule has 1 saturated heterocycles. The van der Waals surface area contributed by atoms with Crippen molar-refractivity contribution in [3.8, 4) is 0 Å². The average molecular weight is 214 g/mol. The molecule has 2 atom stereocenters. The van der Waals surface area contributed by atoms with Gasteiger partial charge in [-0.1, -0.05) is 20.8 Å². The zero-order valence-electron chi connectivity index (χ0n) is 10.1. The van der Waals surface area contributed by atoms with E-state index in [0.29, 0.717) is 13.2 Å². The van der Waals surface area contributed by atoms with Gasteiger partial charge < -0.3 is 15.8 Å². The van der Waals surface area contributed by atoms with E-state index in [1.54, 1.807) is 0 Å². The molecule has 1 fully saturated rings. The van der Waals surface area contributed by atoms with Crippen molar-refractivity contribution in [3.05, 3.63) is 0 Å². The first-order valence-corrected chi connectivity index (χ1v) is 5.40. The van der Waals surface area contributed by atoms with Crippen LogP contribution in [0.25, 0.3) is 0 Å². The molecule has 0 bridgehead atoms. The number of amides is 1. The van der Waals surface area contributed by atoms with Crippen LogP contribution >= 0.6 is 0 Å². The van der Waals surface area contributed by atoms with Gasteiger partial charge in [0.1, 0.15) is 0 Å². The zero-order valence-corrected chi connectivity index (χ0v) is 10.1. The highest BCUT2D eigenvalue weighted by Gasteiger charge is 2.35. The smallest absolute Gasteiger partial charge is 0.237 e. The van der Waals surface area contributed by atoms with E-state index in [0.717, 1.165) is 6.42 Å². The van der Waals surface area contributed by atoms with Gasteiger partial charge in [0.25, 0.3) is 0 Å². The van der Waals surface area contributed by atoms with Crippen LogP contribution < -0.4 is 11.1 Å². The van der Waals surface area contributed by atoms with E-state index in [2.05, 4.69) is 5.32 Å². The highest BCUT2D eigenvalue weighted by atomic mass is 16.5. The topological polar surface area (TPSA) is 64.4 Å². The fourth-order valence-corrected chi connectivity index (χ4v) is 1.53. The molecular weight excluding hydrogens is 192 g/mol. The molecule has 1 rings (SSSR count). The second kappa shape index (κ2) is 4.10. The summed E-state index contributed by atoms with van der Waals surface area (Å²) < 4.78 is 5.27. The van der Waals surface area contributed by atoms with Crippen LogP contribution in [0.1, 0.15) is 34.1 Å². The Morgan fingerprint density at radius 2 is 2.13 bits per heavy atom. The van der Waals surface area contributed by atoms with E-state index in [4.69, 9.17) is 10.5 Å². The summed E-state index contributed by atoms with van der Waals surface area (Å²) in [6.45, 7) is 9.17. The summed E-state index contributed by atoms with van der Waals surface area (Å²) in [5.74, 6) is -0.0875. The lowest BCUT2D eigenvalue weighted by Crippen LogP contribution is -2.56. The minimum Gasteiger partial charge on any atom is -0.379 e. The molecule has 88 valence electrons. The largest absolute Gasteiger partial charge is 0.379 e. The molecule has 1 heterocycles. The van der Waals surface area contributed by atoms with E-state index in [-0.39, 0.29) is 16.9 Å². The molecule has 3 N–H and O–H groups in total. The maximum absolute atomic E-state index is 11.9. The number of rotatable bonds is 2. The van der Waals surface area contributed by atoms with Gasteiger partial charge in [-0.2, -0.15) is 0 Å². The van der Waals surface area contributed by atoms with E-state index in [1.807, 2.05) is 27.7 Å². The first-order chi connectivity index (χ1) is 6.75. The summed E-state index contributed by atoms with van der Waals surface area (Å²) in [6, 6.07) is -0.477. The number of nitrogens with one attached hydrogen (secondary N) is 1. The molecule has 0 aromatic carbocycles. The Morgan fingerprint density at radius 1 is 1.53 bits per heavy atom. The minimum absolute atomic E-state index is 0.0875. The fourth-order valence-electron chi connectivity index (χ4n) is 1.53. The highest BCUT2D eigenvalue weighted by molar-refractivity contribution is 5.83. The zero-order chi connectivity index (χ0) is 11.7. The van der Waals surface area contributed by atoms with Gasteiger partial charge in [0, 0.05) is 6.61 Å². The quantitative estimate of drug-likeness (QED) is 0.709. The molecule has 15 heavy (non-hydrogen) atoms. The summed E-state index contributed by atoms with van der Waals surface area (Å²) in [5.41, 5.74) is 5.43. The Morgan fingerprint density at radius 3 is 2.53 bits per heavy atom. The first-order valence-electron chi connectivity index (χ1n) is 5.40. The Balaban J connectivity index is 2.55. The lowest BCUT2D eigenvalue weighted by atomic mass is 9.86. The Kier molecular flexibility index (Phi) is 3.41. The fraction of sp³-hybridized carbons (Fsp3) is 0.909. The van der Waals surface area contributed by atoms with Gasteiger partial charge in [0.2, 0.25) is 5.91 Å². The lowest BCUT2D eigenvalue weighted by molar-refractivity contribution is -0.126. The van der Waals surface area contributed by atoms with Crippen LogP contribution in [0.4, 0.5) is 0 Å². The Bertz CT molecular complexity index is 239. The van der Waals surface area contributed by atoms with Gasteiger partial charge >= 0.3 is 0 Å². The van der Waals surface area contributed by atoms with E-state index < -0.39 is 6.04 Å². The third-order valence-corrected chi connectivity index (χ3v) is 2.86. The summed E-state index contributed by atoms with van der Waals surface area (Å²) >= 11 is 0. The van der Waals surface area contributed by atoms with Crippen LogP contribution in [0.15, 0.2) is 0 Å². The van der Waals surface area contributed by atoms with Crippen LogP contribution in [0.3, 0.4) is 0 Å². The maximum atomic E-state index is 11.9. The summed E-state index contributed by atoms with van der Waals surface area (Å²) in [7, 11) is 0. The summed E-state index contributed by atoms with van der Waals surface area (Å²) in [5, 5.41) is 2.97. The van der Waals surface area contributed by atoms with E-state index in [1.165, 1.54) is 0 Å². The third-order valence-electron chi connectivity index (χ3n) is 2.86. The van der Waals surface area contributed by atoms with Gasteiger partial charge in [-0.05, 0) is 18.8 Å². The van der Waals surface area contributed by atoms with Crippen molar-refractivity contribution in [2.45, 2.75) is 45.7 Å². The summed E-state index contributed by atoms with van der Waals surface area (Å²) in [6.07, 6.45) is 0.857. The molecular formula is C11H22N2O2. The van der Waals surface area contributed by atoms with Crippen LogP contribution in [0, 0.1) is 5.41 Å². The second-order valence-electron chi connectivity index (χ2n) is 5.70. The molecule has 0 aliphatic carbocycles. The number of ether oxygens (including phenoxy) is 1. The first kappa shape index (κ1) is 12.5. The number of hydrogen-bond donors (Lipinski definition) is 2. The van der Waals surface area contributed by atoms with Crippen LogP contribution in [0.5, 0.6) is 0 Å². The predicted octanol–water partition coefficient (Wildman–Crippen LogP) is 0.655. The third kappa shape index (κ3) is 3.18. The lowest BCUT2D eigenvalue weighted by Gasteiger charge is -2.31. The van der Waals surface area contributed by atoms with Gasteiger partial charge in [-0.3, -0.25) is 4.79 Å². The van der Waals surface area contributed by atoms with Gasteiger partial charge in [-0.15, -0.1) is 0 Å². The van der Waals surface area contributed by atoms with Crippen molar-refractivity contribution in [1.82, 2.24) is 5.32 Å². The van der Waals surface area contributed by atoms with Crippen molar-refractivity contribution >= 4 is 5.91 Å². The number of hydrogen-bond acceptors (Lipinski definition) is 3. The molecule has 1 aliphatic heterocycles. The Labute approximate surface area is 91.5 Å². The van der Waals surface area contributed by atoms with Crippen LogP contribution in [0.2, 0.25) is 0 Å². The van der Waals surface area contributed by atoms with Gasteiger partial charge in [0.15, 0.2) is 0 Å². The molecule has 0 aromatic heterocycles. The normalized spacial score (nSPS) is 28.9. The van der Waals surface area contributed by atoms with Crippen molar-refractivity contribution < 1.29 is 9.53 Å².